The molecule has 138 valence electrons. The molecular formula is C19H18N4O3S. The SMILES string of the molecule is COc1ccc(C2=NN(S(C)(=O)=O)[C@@H](c3cccc4nccnc34)C2)cc1. The van der Waals surface area contributed by atoms with Gasteiger partial charge in [-0.15, -0.1) is 0 Å². The highest BCUT2D eigenvalue weighted by atomic mass is 32.2. The van der Waals surface area contributed by atoms with Gasteiger partial charge in [-0.05, 0) is 35.9 Å². The number of fused-ring (bicyclic) bond motifs is 1. The first kappa shape index (κ1) is 17.4. The number of rotatable bonds is 4. The van der Waals surface area contributed by atoms with Gasteiger partial charge in [0.15, 0.2) is 0 Å². The van der Waals surface area contributed by atoms with Gasteiger partial charge in [0.05, 0.1) is 36.2 Å². The normalized spacial score (nSPS) is 17.2. The first-order valence-corrected chi connectivity index (χ1v) is 10.2. The molecule has 0 aliphatic carbocycles. The van der Waals surface area contributed by atoms with Crippen molar-refractivity contribution in [1.82, 2.24) is 14.4 Å². The average molecular weight is 382 g/mol. The fourth-order valence-corrected chi connectivity index (χ4v) is 4.17. The van der Waals surface area contributed by atoms with E-state index >= 15 is 0 Å². The molecule has 0 N–H and O–H groups in total. The van der Waals surface area contributed by atoms with Crippen LogP contribution in [0.15, 0.2) is 60.0 Å². The largest absolute Gasteiger partial charge is 0.497 e. The Morgan fingerprint density at radius 1 is 1.07 bits per heavy atom. The van der Waals surface area contributed by atoms with Crippen molar-refractivity contribution in [3.8, 4) is 5.75 Å². The van der Waals surface area contributed by atoms with Crippen LogP contribution in [0.4, 0.5) is 0 Å². The summed E-state index contributed by atoms with van der Waals surface area (Å²) in [4.78, 5) is 8.73. The van der Waals surface area contributed by atoms with Gasteiger partial charge in [-0.3, -0.25) is 9.97 Å². The van der Waals surface area contributed by atoms with Crippen LogP contribution in [0.1, 0.15) is 23.6 Å². The van der Waals surface area contributed by atoms with Crippen LogP contribution in [0, 0.1) is 0 Å². The quantitative estimate of drug-likeness (QED) is 0.693. The standard InChI is InChI=1S/C19H18N4O3S/c1-26-14-8-6-13(7-9-14)17-12-18(23(22-17)27(2,24)25)15-4-3-5-16-19(15)21-11-10-20-16/h3-11,18H,12H2,1-2H3/t18-/m1/s1. The number of hydrazone groups is 1. The third-order valence-corrected chi connectivity index (χ3v) is 5.54. The number of hydrogen-bond donors (Lipinski definition) is 0. The highest BCUT2D eigenvalue weighted by molar-refractivity contribution is 7.88. The summed E-state index contributed by atoms with van der Waals surface area (Å²) >= 11 is 0. The molecule has 0 amide bonds. The van der Waals surface area contributed by atoms with Gasteiger partial charge < -0.3 is 4.74 Å². The molecule has 0 radical (unpaired) electrons. The lowest BCUT2D eigenvalue weighted by Crippen LogP contribution is -2.26. The van der Waals surface area contributed by atoms with Gasteiger partial charge in [0.1, 0.15) is 5.75 Å². The Morgan fingerprint density at radius 3 is 2.52 bits per heavy atom. The number of sulfonamides is 1. The molecule has 0 saturated carbocycles. The Bertz CT molecular complexity index is 1120. The van der Waals surface area contributed by atoms with E-state index in [-0.39, 0.29) is 0 Å². The predicted molar refractivity (Wildman–Crippen MR) is 103 cm³/mol. The van der Waals surface area contributed by atoms with Crippen molar-refractivity contribution in [2.24, 2.45) is 5.10 Å². The molecule has 7 nitrogen and oxygen atoms in total. The van der Waals surface area contributed by atoms with Crippen LogP contribution in [0.2, 0.25) is 0 Å². The molecule has 27 heavy (non-hydrogen) atoms. The van der Waals surface area contributed by atoms with E-state index in [4.69, 9.17) is 4.74 Å². The molecule has 3 aromatic rings. The number of nitrogens with zero attached hydrogens (tertiary/aromatic N) is 4. The fraction of sp³-hybridized carbons (Fsp3) is 0.211. The Labute approximate surface area is 157 Å². The Hall–Kier alpha value is -3.00. The van der Waals surface area contributed by atoms with Crippen LogP contribution in [-0.4, -0.2) is 41.9 Å². The molecule has 1 aliphatic rings. The maximum Gasteiger partial charge on any atom is 0.247 e. The van der Waals surface area contributed by atoms with Crippen molar-refractivity contribution < 1.29 is 13.2 Å². The summed E-state index contributed by atoms with van der Waals surface area (Å²) in [6.45, 7) is 0. The smallest absolute Gasteiger partial charge is 0.247 e. The number of para-hydroxylation sites is 1. The van der Waals surface area contributed by atoms with Gasteiger partial charge >= 0.3 is 0 Å². The molecule has 4 rings (SSSR count). The number of hydrogen-bond acceptors (Lipinski definition) is 6. The van der Waals surface area contributed by atoms with E-state index in [9.17, 15) is 8.42 Å². The van der Waals surface area contributed by atoms with Crippen molar-refractivity contribution in [2.75, 3.05) is 13.4 Å². The summed E-state index contributed by atoms with van der Waals surface area (Å²) in [7, 11) is -1.95. The van der Waals surface area contributed by atoms with Crippen molar-refractivity contribution in [3.63, 3.8) is 0 Å². The van der Waals surface area contributed by atoms with Crippen molar-refractivity contribution >= 4 is 26.8 Å². The number of ether oxygens (including phenoxy) is 1. The van der Waals surface area contributed by atoms with Crippen LogP contribution in [0.5, 0.6) is 5.75 Å². The monoisotopic (exact) mass is 382 g/mol. The first-order valence-electron chi connectivity index (χ1n) is 8.38. The lowest BCUT2D eigenvalue weighted by Gasteiger charge is -2.22. The van der Waals surface area contributed by atoms with E-state index < -0.39 is 16.1 Å². The van der Waals surface area contributed by atoms with E-state index in [1.807, 2.05) is 42.5 Å². The van der Waals surface area contributed by atoms with E-state index in [1.54, 1.807) is 19.5 Å². The lowest BCUT2D eigenvalue weighted by molar-refractivity contribution is 0.376. The zero-order chi connectivity index (χ0) is 19.0. The molecular weight excluding hydrogens is 364 g/mol. The second-order valence-electron chi connectivity index (χ2n) is 6.30. The minimum absolute atomic E-state index is 0.453. The van der Waals surface area contributed by atoms with E-state index in [0.29, 0.717) is 17.6 Å². The minimum atomic E-state index is -3.55. The highest BCUT2D eigenvalue weighted by Crippen LogP contribution is 2.37. The van der Waals surface area contributed by atoms with Crippen molar-refractivity contribution in [2.45, 2.75) is 12.5 Å². The van der Waals surface area contributed by atoms with Gasteiger partial charge in [-0.25, -0.2) is 8.42 Å². The van der Waals surface area contributed by atoms with Crippen LogP contribution >= 0.6 is 0 Å². The van der Waals surface area contributed by atoms with Gasteiger partial charge in [-0.1, -0.05) is 12.1 Å². The third kappa shape index (κ3) is 3.23. The average Bonchev–Trinajstić information content (AvgIpc) is 3.13. The third-order valence-electron chi connectivity index (χ3n) is 4.52. The fourth-order valence-electron chi connectivity index (χ4n) is 3.27. The molecule has 2 aromatic carbocycles. The van der Waals surface area contributed by atoms with E-state index in [1.165, 1.54) is 4.41 Å². The van der Waals surface area contributed by atoms with Gasteiger partial charge in [0, 0.05) is 24.4 Å². The Kier molecular flexibility index (Phi) is 4.27. The number of benzene rings is 2. The zero-order valence-electron chi connectivity index (χ0n) is 14.9. The second kappa shape index (κ2) is 6.62. The predicted octanol–water partition coefficient (Wildman–Crippen LogP) is 2.75. The molecule has 0 spiro atoms. The minimum Gasteiger partial charge on any atom is -0.497 e. The van der Waals surface area contributed by atoms with Gasteiger partial charge in [0.25, 0.3) is 0 Å². The zero-order valence-corrected chi connectivity index (χ0v) is 15.7. The van der Waals surface area contributed by atoms with Crippen LogP contribution in [0.3, 0.4) is 0 Å². The topological polar surface area (TPSA) is 84.8 Å². The highest BCUT2D eigenvalue weighted by Gasteiger charge is 2.35. The summed E-state index contributed by atoms with van der Waals surface area (Å²) in [5, 5.41) is 4.42. The Morgan fingerprint density at radius 2 is 1.81 bits per heavy atom. The summed E-state index contributed by atoms with van der Waals surface area (Å²) in [6, 6.07) is 12.6. The molecule has 2 heterocycles. The molecule has 0 bridgehead atoms. The van der Waals surface area contributed by atoms with Gasteiger partial charge in [-0.2, -0.15) is 9.52 Å². The maximum atomic E-state index is 12.4. The molecule has 0 fully saturated rings. The summed E-state index contributed by atoms with van der Waals surface area (Å²) in [5.74, 6) is 0.734. The second-order valence-corrected chi connectivity index (χ2v) is 8.14. The first-order chi connectivity index (χ1) is 13.0. The van der Waals surface area contributed by atoms with Crippen LogP contribution in [0.25, 0.3) is 11.0 Å². The van der Waals surface area contributed by atoms with E-state index in [0.717, 1.165) is 28.6 Å². The lowest BCUT2D eigenvalue weighted by atomic mass is 9.98. The molecule has 1 atom stereocenters. The van der Waals surface area contributed by atoms with Gasteiger partial charge in [0.2, 0.25) is 10.0 Å². The molecule has 1 aliphatic heterocycles. The number of aromatic nitrogens is 2. The molecule has 1 aromatic heterocycles. The maximum absolute atomic E-state index is 12.4. The van der Waals surface area contributed by atoms with Crippen molar-refractivity contribution in [3.05, 3.63) is 66.0 Å². The van der Waals surface area contributed by atoms with Crippen molar-refractivity contribution in [1.29, 1.82) is 0 Å². The van der Waals surface area contributed by atoms with Crippen LogP contribution in [-0.2, 0) is 10.0 Å². The number of methoxy groups -OCH3 is 1. The summed E-state index contributed by atoms with van der Waals surface area (Å²) < 4.78 is 31.1. The molecule has 8 heteroatoms. The Balaban J connectivity index is 1.79. The van der Waals surface area contributed by atoms with Crippen LogP contribution < -0.4 is 4.74 Å². The summed E-state index contributed by atoms with van der Waals surface area (Å²) in [5.41, 5.74) is 3.76. The van der Waals surface area contributed by atoms with E-state index in [2.05, 4.69) is 15.1 Å². The summed E-state index contributed by atoms with van der Waals surface area (Å²) in [6.07, 6.45) is 4.84. The molecule has 0 saturated heterocycles. The molecule has 0 unspecified atom stereocenters.